The lowest BCUT2D eigenvalue weighted by molar-refractivity contribution is 0.396. The maximum atomic E-state index is 10.2. The van der Waals surface area contributed by atoms with Crippen molar-refractivity contribution in [2.45, 2.75) is 6.92 Å². The third-order valence-corrected chi connectivity index (χ3v) is 1.78. The van der Waals surface area contributed by atoms with E-state index in [1.54, 1.807) is 12.1 Å². The van der Waals surface area contributed by atoms with E-state index in [4.69, 9.17) is 9.47 Å². The first-order valence-corrected chi connectivity index (χ1v) is 4.03. The molecular formula is C10H11NO3. The molecule has 0 aliphatic rings. The van der Waals surface area contributed by atoms with Gasteiger partial charge in [0.15, 0.2) is 5.69 Å². The van der Waals surface area contributed by atoms with E-state index >= 15 is 0 Å². The van der Waals surface area contributed by atoms with Gasteiger partial charge in [-0.25, -0.2) is 4.79 Å². The first-order valence-electron chi connectivity index (χ1n) is 4.03. The molecule has 0 heterocycles. The zero-order valence-electron chi connectivity index (χ0n) is 8.33. The first kappa shape index (κ1) is 10.3. The van der Waals surface area contributed by atoms with Crippen molar-refractivity contribution in [3.8, 4) is 11.5 Å². The first-order chi connectivity index (χ1) is 6.72. The topological polar surface area (TPSA) is 47.9 Å². The molecule has 0 radical (unpaired) electrons. The Kier molecular flexibility index (Phi) is 3.26. The van der Waals surface area contributed by atoms with Crippen molar-refractivity contribution >= 4 is 11.8 Å². The van der Waals surface area contributed by atoms with E-state index in [9.17, 15) is 4.79 Å². The van der Waals surface area contributed by atoms with Gasteiger partial charge in [-0.2, -0.15) is 4.99 Å². The van der Waals surface area contributed by atoms with E-state index in [2.05, 4.69) is 4.99 Å². The number of aryl methyl sites for hydroxylation is 1. The highest BCUT2D eigenvalue weighted by molar-refractivity contribution is 5.67. The van der Waals surface area contributed by atoms with Crippen LogP contribution in [0.4, 0.5) is 5.69 Å². The number of hydrogen-bond acceptors (Lipinski definition) is 4. The lowest BCUT2D eigenvalue weighted by atomic mass is 10.2. The van der Waals surface area contributed by atoms with Crippen molar-refractivity contribution in [3.63, 3.8) is 0 Å². The molecule has 0 saturated heterocycles. The molecule has 0 N–H and O–H groups in total. The highest BCUT2D eigenvalue weighted by Gasteiger charge is 2.09. The van der Waals surface area contributed by atoms with E-state index in [1.165, 1.54) is 20.3 Å². The number of nitrogens with zero attached hydrogens (tertiary/aromatic N) is 1. The molecular weight excluding hydrogens is 182 g/mol. The van der Waals surface area contributed by atoms with E-state index < -0.39 is 0 Å². The zero-order chi connectivity index (χ0) is 10.6. The molecule has 4 nitrogen and oxygen atoms in total. The Morgan fingerprint density at radius 1 is 1.21 bits per heavy atom. The van der Waals surface area contributed by atoms with Gasteiger partial charge in [-0.15, -0.1) is 0 Å². The van der Waals surface area contributed by atoms with Crippen LogP contribution in [-0.4, -0.2) is 20.3 Å². The molecule has 14 heavy (non-hydrogen) atoms. The van der Waals surface area contributed by atoms with Crippen molar-refractivity contribution in [1.29, 1.82) is 0 Å². The van der Waals surface area contributed by atoms with Gasteiger partial charge in [0, 0.05) is 0 Å². The largest absolute Gasteiger partial charge is 0.494 e. The average molecular weight is 193 g/mol. The molecule has 4 heteroatoms. The summed E-state index contributed by atoms with van der Waals surface area (Å²) in [5.41, 5.74) is 1.35. The third-order valence-electron chi connectivity index (χ3n) is 1.78. The predicted octanol–water partition coefficient (Wildman–Crippen LogP) is 1.98. The second kappa shape index (κ2) is 4.44. The van der Waals surface area contributed by atoms with E-state index in [1.807, 2.05) is 6.92 Å². The van der Waals surface area contributed by atoms with Crippen molar-refractivity contribution in [2.75, 3.05) is 14.2 Å². The minimum Gasteiger partial charge on any atom is -0.494 e. The second-order valence-corrected chi connectivity index (χ2v) is 2.72. The fraction of sp³-hybridized carbons (Fsp3) is 0.300. The highest BCUT2D eigenvalue weighted by Crippen LogP contribution is 2.37. The molecule has 74 valence electrons. The van der Waals surface area contributed by atoms with Crippen LogP contribution in [0.2, 0.25) is 0 Å². The lowest BCUT2D eigenvalue weighted by Crippen LogP contribution is -1.90. The van der Waals surface area contributed by atoms with Crippen molar-refractivity contribution in [1.82, 2.24) is 0 Å². The van der Waals surface area contributed by atoms with Crippen LogP contribution in [-0.2, 0) is 4.79 Å². The SMILES string of the molecule is COc1cc(C)cc(OC)c1N=C=O. The predicted molar refractivity (Wildman–Crippen MR) is 52.1 cm³/mol. The summed E-state index contributed by atoms with van der Waals surface area (Å²) >= 11 is 0. The monoisotopic (exact) mass is 193 g/mol. The number of methoxy groups -OCH3 is 2. The standard InChI is InChI=1S/C10H11NO3/c1-7-4-8(13-2)10(11-6-12)9(5-7)14-3/h4-5H,1-3H3. The second-order valence-electron chi connectivity index (χ2n) is 2.72. The molecule has 1 aromatic rings. The van der Waals surface area contributed by atoms with Gasteiger partial charge in [0.1, 0.15) is 11.5 Å². The fourth-order valence-electron chi connectivity index (χ4n) is 1.18. The van der Waals surface area contributed by atoms with Gasteiger partial charge < -0.3 is 9.47 Å². The Labute approximate surface area is 82.2 Å². The van der Waals surface area contributed by atoms with Gasteiger partial charge in [0.05, 0.1) is 14.2 Å². The molecule has 0 saturated carbocycles. The minimum atomic E-state index is 0.371. The number of carbonyl (C=O) groups excluding carboxylic acids is 1. The molecule has 0 atom stereocenters. The molecule has 1 rings (SSSR count). The number of isocyanates is 1. The third kappa shape index (κ3) is 1.92. The average Bonchev–Trinajstić information content (AvgIpc) is 2.20. The highest BCUT2D eigenvalue weighted by atomic mass is 16.5. The zero-order valence-corrected chi connectivity index (χ0v) is 8.33. The Balaban J connectivity index is 3.39. The van der Waals surface area contributed by atoms with Gasteiger partial charge in [-0.3, -0.25) is 0 Å². The van der Waals surface area contributed by atoms with Gasteiger partial charge in [0.25, 0.3) is 0 Å². The Morgan fingerprint density at radius 2 is 1.71 bits per heavy atom. The summed E-state index contributed by atoms with van der Waals surface area (Å²) < 4.78 is 10.1. The van der Waals surface area contributed by atoms with Crippen molar-refractivity contribution in [2.24, 2.45) is 4.99 Å². The quantitative estimate of drug-likeness (QED) is 0.544. The van der Waals surface area contributed by atoms with E-state index in [0.717, 1.165) is 5.56 Å². The maximum Gasteiger partial charge on any atom is 0.240 e. The normalized spacial score (nSPS) is 9.07. The molecule has 1 aromatic carbocycles. The van der Waals surface area contributed by atoms with Crippen molar-refractivity contribution < 1.29 is 14.3 Å². The molecule has 0 aromatic heterocycles. The summed E-state index contributed by atoms with van der Waals surface area (Å²) in [6.45, 7) is 1.90. The minimum absolute atomic E-state index is 0.371. The summed E-state index contributed by atoms with van der Waals surface area (Å²) in [6, 6.07) is 3.55. The molecule has 0 amide bonds. The lowest BCUT2D eigenvalue weighted by Gasteiger charge is -2.09. The molecule has 0 fully saturated rings. The number of benzene rings is 1. The molecule has 0 unspecified atom stereocenters. The summed E-state index contributed by atoms with van der Waals surface area (Å²) in [6.07, 6.45) is 1.47. The fourth-order valence-corrected chi connectivity index (χ4v) is 1.18. The molecule has 0 bridgehead atoms. The van der Waals surface area contributed by atoms with E-state index in [-0.39, 0.29) is 0 Å². The number of aliphatic imine (C=N–C) groups is 1. The van der Waals surface area contributed by atoms with Crippen LogP contribution in [0.3, 0.4) is 0 Å². The van der Waals surface area contributed by atoms with Crippen LogP contribution in [0.1, 0.15) is 5.56 Å². The van der Waals surface area contributed by atoms with Crippen LogP contribution in [0, 0.1) is 6.92 Å². The smallest absolute Gasteiger partial charge is 0.240 e. The van der Waals surface area contributed by atoms with Crippen LogP contribution in [0.5, 0.6) is 11.5 Å². The molecule has 0 spiro atoms. The van der Waals surface area contributed by atoms with Crippen LogP contribution < -0.4 is 9.47 Å². The van der Waals surface area contributed by atoms with Crippen molar-refractivity contribution in [3.05, 3.63) is 17.7 Å². The number of ether oxygens (including phenoxy) is 2. The summed E-state index contributed by atoms with van der Waals surface area (Å²) in [5, 5.41) is 0. The Bertz CT molecular complexity index is 356. The van der Waals surface area contributed by atoms with Crippen LogP contribution in [0.25, 0.3) is 0 Å². The van der Waals surface area contributed by atoms with Gasteiger partial charge >= 0.3 is 0 Å². The van der Waals surface area contributed by atoms with Crippen LogP contribution in [0.15, 0.2) is 17.1 Å². The van der Waals surface area contributed by atoms with Gasteiger partial charge in [-0.05, 0) is 24.6 Å². The summed E-state index contributed by atoms with van der Waals surface area (Å²) in [5.74, 6) is 1.01. The molecule has 0 aliphatic carbocycles. The maximum absolute atomic E-state index is 10.2. The summed E-state index contributed by atoms with van der Waals surface area (Å²) in [7, 11) is 3.02. The van der Waals surface area contributed by atoms with Gasteiger partial charge in [0.2, 0.25) is 6.08 Å². The Morgan fingerprint density at radius 3 is 2.07 bits per heavy atom. The molecule has 0 aliphatic heterocycles. The van der Waals surface area contributed by atoms with Gasteiger partial charge in [-0.1, -0.05) is 0 Å². The summed E-state index contributed by atoms with van der Waals surface area (Å²) in [4.78, 5) is 13.7. The number of rotatable bonds is 3. The Hall–Kier alpha value is -1.80. The van der Waals surface area contributed by atoms with Crippen LogP contribution >= 0.6 is 0 Å². The number of hydrogen-bond donors (Lipinski definition) is 0. The van der Waals surface area contributed by atoms with E-state index in [0.29, 0.717) is 17.2 Å².